The van der Waals surface area contributed by atoms with Crippen LogP contribution >= 0.6 is 0 Å². The van der Waals surface area contributed by atoms with Gasteiger partial charge in [0.05, 0.1) is 17.3 Å². The number of para-hydroxylation sites is 1. The highest BCUT2D eigenvalue weighted by molar-refractivity contribution is 5.87. The summed E-state index contributed by atoms with van der Waals surface area (Å²) in [4.78, 5) is 8.66. The van der Waals surface area contributed by atoms with Gasteiger partial charge in [0.1, 0.15) is 12.1 Å². The van der Waals surface area contributed by atoms with E-state index in [2.05, 4.69) is 34.2 Å². The number of nitrogens with one attached hydrogen (secondary N) is 1. The summed E-state index contributed by atoms with van der Waals surface area (Å²) in [7, 11) is 0. The molecule has 0 spiro atoms. The molecule has 0 bridgehead atoms. The molecule has 1 N–H and O–H groups in total. The Balaban J connectivity index is 2.03. The zero-order valence-corrected chi connectivity index (χ0v) is 11.6. The molecule has 0 aliphatic heterocycles. The van der Waals surface area contributed by atoms with Crippen molar-refractivity contribution < 1.29 is 0 Å². The SMILES string of the molecule is CC(C)CNc1ncnc2c1cnn2-c1ccccc1. The minimum atomic E-state index is 0.559. The Morgan fingerprint density at radius 1 is 1.15 bits per heavy atom. The summed E-state index contributed by atoms with van der Waals surface area (Å²) in [5.41, 5.74) is 1.81. The van der Waals surface area contributed by atoms with Crippen LogP contribution in [-0.4, -0.2) is 26.3 Å². The Bertz CT molecular complexity index is 703. The first-order valence-corrected chi connectivity index (χ1v) is 6.73. The summed E-state index contributed by atoms with van der Waals surface area (Å²) in [6.07, 6.45) is 3.39. The molecule has 3 aromatic rings. The second kappa shape index (κ2) is 5.28. The van der Waals surface area contributed by atoms with Gasteiger partial charge < -0.3 is 5.32 Å². The molecule has 0 aliphatic rings. The highest BCUT2D eigenvalue weighted by Gasteiger charge is 2.10. The van der Waals surface area contributed by atoms with E-state index in [1.807, 2.05) is 41.2 Å². The van der Waals surface area contributed by atoms with E-state index >= 15 is 0 Å². The van der Waals surface area contributed by atoms with Gasteiger partial charge in [0.15, 0.2) is 5.65 Å². The van der Waals surface area contributed by atoms with Crippen LogP contribution in [0.15, 0.2) is 42.9 Å². The van der Waals surface area contributed by atoms with E-state index in [4.69, 9.17) is 0 Å². The van der Waals surface area contributed by atoms with Crippen molar-refractivity contribution in [3.05, 3.63) is 42.9 Å². The van der Waals surface area contributed by atoms with Crippen LogP contribution in [0.25, 0.3) is 16.7 Å². The molecule has 0 atom stereocenters. The first kappa shape index (κ1) is 12.6. The van der Waals surface area contributed by atoms with Gasteiger partial charge in [0.25, 0.3) is 0 Å². The topological polar surface area (TPSA) is 55.6 Å². The lowest BCUT2D eigenvalue weighted by Crippen LogP contribution is -2.09. The third kappa shape index (κ3) is 2.34. The normalized spacial score (nSPS) is 11.2. The molecule has 0 saturated heterocycles. The van der Waals surface area contributed by atoms with E-state index in [1.165, 1.54) is 0 Å². The Hall–Kier alpha value is -2.43. The number of rotatable bonds is 4. The zero-order valence-electron chi connectivity index (χ0n) is 11.6. The maximum atomic E-state index is 4.43. The molecule has 5 nitrogen and oxygen atoms in total. The number of hydrogen-bond acceptors (Lipinski definition) is 4. The minimum absolute atomic E-state index is 0.559. The first-order valence-electron chi connectivity index (χ1n) is 6.73. The van der Waals surface area contributed by atoms with Crippen LogP contribution < -0.4 is 5.32 Å². The van der Waals surface area contributed by atoms with Crippen molar-refractivity contribution in [2.24, 2.45) is 5.92 Å². The zero-order chi connectivity index (χ0) is 13.9. The molecule has 2 heterocycles. The predicted octanol–water partition coefficient (Wildman–Crippen LogP) is 2.88. The smallest absolute Gasteiger partial charge is 0.168 e. The minimum Gasteiger partial charge on any atom is -0.369 e. The largest absolute Gasteiger partial charge is 0.369 e. The maximum absolute atomic E-state index is 4.43. The van der Waals surface area contributed by atoms with Crippen molar-refractivity contribution >= 4 is 16.9 Å². The molecule has 3 rings (SSSR count). The summed E-state index contributed by atoms with van der Waals surface area (Å²) >= 11 is 0. The first-order chi connectivity index (χ1) is 9.75. The number of aromatic nitrogens is 4. The molecule has 1 aromatic carbocycles. The number of fused-ring (bicyclic) bond motifs is 1. The van der Waals surface area contributed by atoms with Gasteiger partial charge in [-0.2, -0.15) is 5.10 Å². The Morgan fingerprint density at radius 3 is 2.70 bits per heavy atom. The highest BCUT2D eigenvalue weighted by atomic mass is 15.3. The average molecular weight is 267 g/mol. The fraction of sp³-hybridized carbons (Fsp3) is 0.267. The van der Waals surface area contributed by atoms with Crippen molar-refractivity contribution in [1.29, 1.82) is 0 Å². The molecule has 0 saturated carbocycles. The molecular formula is C15H17N5. The van der Waals surface area contributed by atoms with Gasteiger partial charge in [-0.25, -0.2) is 14.6 Å². The van der Waals surface area contributed by atoms with Crippen LogP contribution in [0.2, 0.25) is 0 Å². The van der Waals surface area contributed by atoms with Gasteiger partial charge in [0, 0.05) is 6.54 Å². The fourth-order valence-electron chi connectivity index (χ4n) is 2.04. The monoisotopic (exact) mass is 267 g/mol. The third-order valence-electron chi connectivity index (χ3n) is 3.04. The molecule has 0 radical (unpaired) electrons. The van der Waals surface area contributed by atoms with Gasteiger partial charge in [0.2, 0.25) is 0 Å². The van der Waals surface area contributed by atoms with Gasteiger partial charge in [-0.1, -0.05) is 32.0 Å². The molecule has 0 amide bonds. The van der Waals surface area contributed by atoms with Crippen LogP contribution in [-0.2, 0) is 0 Å². The number of anilines is 1. The van der Waals surface area contributed by atoms with Crippen LogP contribution in [0.1, 0.15) is 13.8 Å². The summed E-state index contributed by atoms with van der Waals surface area (Å²) in [5.74, 6) is 1.40. The van der Waals surface area contributed by atoms with Crippen LogP contribution in [0, 0.1) is 5.92 Å². The summed E-state index contributed by atoms with van der Waals surface area (Å²) in [6, 6.07) is 9.98. The Morgan fingerprint density at radius 2 is 1.95 bits per heavy atom. The van der Waals surface area contributed by atoms with E-state index in [9.17, 15) is 0 Å². The van der Waals surface area contributed by atoms with Crippen molar-refractivity contribution in [3.8, 4) is 5.69 Å². The molecule has 5 heteroatoms. The van der Waals surface area contributed by atoms with Crippen LogP contribution in [0.4, 0.5) is 5.82 Å². The van der Waals surface area contributed by atoms with E-state index < -0.39 is 0 Å². The lowest BCUT2D eigenvalue weighted by Gasteiger charge is -2.08. The second-order valence-electron chi connectivity index (χ2n) is 5.13. The molecule has 0 unspecified atom stereocenters. The quantitative estimate of drug-likeness (QED) is 0.789. The molecule has 102 valence electrons. The summed E-state index contributed by atoms with van der Waals surface area (Å²) < 4.78 is 1.83. The lowest BCUT2D eigenvalue weighted by molar-refractivity contribution is 0.687. The molecule has 0 fully saturated rings. The summed E-state index contributed by atoms with van der Waals surface area (Å²) in [5, 5.41) is 8.72. The third-order valence-corrected chi connectivity index (χ3v) is 3.04. The standard InChI is InChI=1S/C15H17N5/c1-11(2)8-16-14-13-9-19-20(15(13)18-10-17-14)12-6-4-3-5-7-12/h3-7,9-11H,8H2,1-2H3,(H,16,17,18). The maximum Gasteiger partial charge on any atom is 0.168 e. The second-order valence-corrected chi connectivity index (χ2v) is 5.13. The predicted molar refractivity (Wildman–Crippen MR) is 80.0 cm³/mol. The highest BCUT2D eigenvalue weighted by Crippen LogP contribution is 2.21. The van der Waals surface area contributed by atoms with Gasteiger partial charge in [-0.3, -0.25) is 0 Å². The molecule has 2 aromatic heterocycles. The van der Waals surface area contributed by atoms with Crippen molar-refractivity contribution in [1.82, 2.24) is 19.7 Å². The van der Waals surface area contributed by atoms with Crippen LogP contribution in [0.5, 0.6) is 0 Å². The van der Waals surface area contributed by atoms with E-state index in [0.717, 1.165) is 29.1 Å². The lowest BCUT2D eigenvalue weighted by atomic mass is 10.2. The van der Waals surface area contributed by atoms with Crippen LogP contribution in [0.3, 0.4) is 0 Å². The van der Waals surface area contributed by atoms with Gasteiger partial charge >= 0.3 is 0 Å². The average Bonchev–Trinajstić information content (AvgIpc) is 2.90. The van der Waals surface area contributed by atoms with E-state index in [0.29, 0.717) is 5.92 Å². The van der Waals surface area contributed by atoms with Gasteiger partial charge in [-0.15, -0.1) is 0 Å². The molecule has 20 heavy (non-hydrogen) atoms. The Labute approximate surface area is 117 Å². The number of benzene rings is 1. The number of nitrogens with zero attached hydrogens (tertiary/aromatic N) is 4. The van der Waals surface area contributed by atoms with Crippen molar-refractivity contribution in [2.75, 3.05) is 11.9 Å². The van der Waals surface area contributed by atoms with E-state index in [-0.39, 0.29) is 0 Å². The number of hydrogen-bond donors (Lipinski definition) is 1. The summed E-state index contributed by atoms with van der Waals surface area (Å²) in [6.45, 7) is 5.21. The molecule has 0 aliphatic carbocycles. The van der Waals surface area contributed by atoms with E-state index in [1.54, 1.807) is 6.33 Å². The fourth-order valence-corrected chi connectivity index (χ4v) is 2.04. The van der Waals surface area contributed by atoms with Gasteiger partial charge in [-0.05, 0) is 18.1 Å². The Kier molecular flexibility index (Phi) is 3.33. The molecular weight excluding hydrogens is 250 g/mol. The van der Waals surface area contributed by atoms with Crippen molar-refractivity contribution in [2.45, 2.75) is 13.8 Å². The van der Waals surface area contributed by atoms with Crippen molar-refractivity contribution in [3.63, 3.8) is 0 Å².